The number of hydrogen-bond acceptors (Lipinski definition) is 3. The molecule has 2 rings (SSSR count). The van der Waals surface area contributed by atoms with E-state index in [9.17, 15) is 4.39 Å². The number of ether oxygens (including phenoxy) is 1. The molecule has 0 bridgehead atoms. The molecule has 0 aliphatic rings. The third-order valence-electron chi connectivity index (χ3n) is 2.52. The van der Waals surface area contributed by atoms with Gasteiger partial charge in [-0.3, -0.25) is 0 Å². The molecular weight excluding hydrogens is 231 g/mol. The monoisotopic (exact) mass is 246 g/mol. The van der Waals surface area contributed by atoms with Gasteiger partial charge in [-0.15, -0.1) is 0 Å². The number of nitrogens with one attached hydrogen (secondary N) is 2. The minimum atomic E-state index is -0.368. The highest BCUT2D eigenvalue weighted by Crippen LogP contribution is 2.27. The quantitative estimate of drug-likeness (QED) is 0.810. The van der Waals surface area contributed by atoms with Crippen molar-refractivity contribution in [1.82, 2.24) is 5.43 Å². The summed E-state index contributed by atoms with van der Waals surface area (Å²) in [5.74, 6) is 0.470. The van der Waals surface area contributed by atoms with E-state index >= 15 is 0 Å². The Bertz CT molecular complexity index is 543. The number of aryl methyl sites for hydroxylation is 1. The zero-order valence-corrected chi connectivity index (χ0v) is 10.3. The SMILES string of the molecule is CNNc1ccc(Oc2ccccc2F)cc1C. The van der Waals surface area contributed by atoms with Gasteiger partial charge < -0.3 is 10.2 Å². The molecule has 0 spiro atoms. The topological polar surface area (TPSA) is 33.3 Å². The molecule has 94 valence electrons. The summed E-state index contributed by atoms with van der Waals surface area (Å²) in [5.41, 5.74) is 7.82. The summed E-state index contributed by atoms with van der Waals surface area (Å²) in [4.78, 5) is 0. The molecule has 0 radical (unpaired) electrons. The minimum Gasteiger partial charge on any atom is -0.454 e. The van der Waals surface area contributed by atoms with Crippen LogP contribution in [0.15, 0.2) is 42.5 Å². The Labute approximate surface area is 106 Å². The van der Waals surface area contributed by atoms with Gasteiger partial charge in [0.2, 0.25) is 0 Å². The van der Waals surface area contributed by atoms with Gasteiger partial charge in [0.05, 0.1) is 5.69 Å². The average molecular weight is 246 g/mol. The summed E-state index contributed by atoms with van der Waals surface area (Å²) in [6.07, 6.45) is 0. The van der Waals surface area contributed by atoms with E-state index in [2.05, 4.69) is 10.9 Å². The first-order valence-corrected chi connectivity index (χ1v) is 5.66. The molecule has 0 amide bonds. The first-order valence-electron chi connectivity index (χ1n) is 5.66. The third-order valence-corrected chi connectivity index (χ3v) is 2.52. The molecule has 0 unspecified atom stereocenters. The Balaban J connectivity index is 2.20. The molecule has 4 heteroatoms. The van der Waals surface area contributed by atoms with Gasteiger partial charge in [-0.1, -0.05) is 12.1 Å². The number of hydrazine groups is 1. The normalized spacial score (nSPS) is 10.2. The van der Waals surface area contributed by atoms with E-state index in [1.165, 1.54) is 6.07 Å². The first-order chi connectivity index (χ1) is 8.70. The van der Waals surface area contributed by atoms with Crippen LogP contribution in [-0.4, -0.2) is 7.05 Å². The zero-order valence-electron chi connectivity index (χ0n) is 10.3. The van der Waals surface area contributed by atoms with E-state index in [1.807, 2.05) is 19.1 Å². The van der Waals surface area contributed by atoms with Crippen LogP contribution >= 0.6 is 0 Å². The number of halogens is 1. The van der Waals surface area contributed by atoms with Gasteiger partial charge in [-0.25, -0.2) is 9.82 Å². The lowest BCUT2D eigenvalue weighted by atomic mass is 10.2. The second-order valence-corrected chi connectivity index (χ2v) is 3.88. The Morgan fingerprint density at radius 1 is 1.11 bits per heavy atom. The number of benzene rings is 2. The molecule has 0 aliphatic heterocycles. The summed E-state index contributed by atoms with van der Waals surface area (Å²) in [6.45, 7) is 1.95. The maximum absolute atomic E-state index is 13.4. The van der Waals surface area contributed by atoms with Crippen LogP contribution in [0.1, 0.15) is 5.56 Å². The fraction of sp³-hybridized carbons (Fsp3) is 0.143. The standard InChI is InChI=1S/C14H15FN2O/c1-10-9-11(7-8-13(10)17-16-2)18-14-6-4-3-5-12(14)15/h3-9,16-17H,1-2H3. The van der Waals surface area contributed by atoms with Crippen molar-refractivity contribution in [2.75, 3.05) is 12.5 Å². The maximum Gasteiger partial charge on any atom is 0.165 e. The fourth-order valence-corrected chi connectivity index (χ4v) is 1.63. The largest absolute Gasteiger partial charge is 0.454 e. The lowest BCUT2D eigenvalue weighted by Gasteiger charge is -2.11. The van der Waals surface area contributed by atoms with Crippen LogP contribution in [0.25, 0.3) is 0 Å². The van der Waals surface area contributed by atoms with Gasteiger partial charge >= 0.3 is 0 Å². The molecule has 0 heterocycles. The number of hydrogen-bond donors (Lipinski definition) is 2. The predicted molar refractivity (Wildman–Crippen MR) is 70.3 cm³/mol. The Morgan fingerprint density at radius 3 is 2.56 bits per heavy atom. The predicted octanol–water partition coefficient (Wildman–Crippen LogP) is 3.47. The van der Waals surface area contributed by atoms with E-state index in [1.54, 1.807) is 31.3 Å². The summed E-state index contributed by atoms with van der Waals surface area (Å²) in [6, 6.07) is 11.9. The molecule has 0 atom stereocenters. The fourth-order valence-electron chi connectivity index (χ4n) is 1.63. The van der Waals surface area contributed by atoms with Crippen molar-refractivity contribution in [1.29, 1.82) is 0 Å². The van der Waals surface area contributed by atoms with E-state index in [4.69, 9.17) is 4.74 Å². The van der Waals surface area contributed by atoms with Gasteiger partial charge in [0.25, 0.3) is 0 Å². The van der Waals surface area contributed by atoms with Crippen molar-refractivity contribution in [3.8, 4) is 11.5 Å². The van der Waals surface area contributed by atoms with E-state index in [0.717, 1.165) is 11.3 Å². The Hall–Kier alpha value is -2.07. The van der Waals surface area contributed by atoms with Gasteiger partial charge in [-0.05, 0) is 42.8 Å². The zero-order chi connectivity index (χ0) is 13.0. The molecule has 0 saturated carbocycles. The lowest BCUT2D eigenvalue weighted by Crippen LogP contribution is -2.15. The summed E-state index contributed by atoms with van der Waals surface area (Å²) in [5, 5.41) is 0. The first kappa shape index (κ1) is 12.4. The van der Waals surface area contributed by atoms with Crippen LogP contribution in [0.2, 0.25) is 0 Å². The molecule has 0 aromatic heterocycles. The third kappa shape index (κ3) is 2.78. The van der Waals surface area contributed by atoms with Crippen LogP contribution in [0.3, 0.4) is 0 Å². The van der Waals surface area contributed by atoms with Crippen LogP contribution < -0.4 is 15.6 Å². The van der Waals surface area contributed by atoms with Crippen LogP contribution in [0.4, 0.5) is 10.1 Å². The van der Waals surface area contributed by atoms with Crippen LogP contribution in [0, 0.1) is 12.7 Å². The summed E-state index contributed by atoms with van der Waals surface area (Å²) >= 11 is 0. The van der Waals surface area contributed by atoms with Crippen molar-refractivity contribution in [2.24, 2.45) is 0 Å². The van der Waals surface area contributed by atoms with Gasteiger partial charge in [-0.2, -0.15) is 0 Å². The highest BCUT2D eigenvalue weighted by molar-refractivity contribution is 5.53. The van der Waals surface area contributed by atoms with E-state index < -0.39 is 0 Å². The van der Waals surface area contributed by atoms with Crippen LogP contribution in [0.5, 0.6) is 11.5 Å². The molecule has 18 heavy (non-hydrogen) atoms. The highest BCUT2D eigenvalue weighted by atomic mass is 19.1. The summed E-state index contributed by atoms with van der Waals surface area (Å²) < 4.78 is 18.9. The molecule has 2 aromatic carbocycles. The maximum atomic E-state index is 13.4. The molecule has 0 aliphatic carbocycles. The van der Waals surface area contributed by atoms with Crippen molar-refractivity contribution in [3.63, 3.8) is 0 Å². The van der Waals surface area contributed by atoms with E-state index in [-0.39, 0.29) is 11.6 Å². The molecule has 3 nitrogen and oxygen atoms in total. The highest BCUT2D eigenvalue weighted by Gasteiger charge is 2.05. The smallest absolute Gasteiger partial charge is 0.165 e. The molecular formula is C14H15FN2O. The number of anilines is 1. The number of para-hydroxylation sites is 1. The lowest BCUT2D eigenvalue weighted by molar-refractivity contribution is 0.442. The van der Waals surface area contributed by atoms with Crippen LogP contribution in [-0.2, 0) is 0 Å². The van der Waals surface area contributed by atoms with Gasteiger partial charge in [0.1, 0.15) is 5.75 Å². The molecule has 2 aromatic rings. The van der Waals surface area contributed by atoms with Gasteiger partial charge in [0.15, 0.2) is 11.6 Å². The molecule has 0 fully saturated rings. The van der Waals surface area contributed by atoms with Crippen molar-refractivity contribution in [2.45, 2.75) is 6.92 Å². The summed E-state index contributed by atoms with van der Waals surface area (Å²) in [7, 11) is 1.79. The van der Waals surface area contributed by atoms with Crippen molar-refractivity contribution >= 4 is 5.69 Å². The van der Waals surface area contributed by atoms with Crippen molar-refractivity contribution < 1.29 is 9.13 Å². The second-order valence-electron chi connectivity index (χ2n) is 3.88. The van der Waals surface area contributed by atoms with Gasteiger partial charge in [0, 0.05) is 7.05 Å². The van der Waals surface area contributed by atoms with Crippen molar-refractivity contribution in [3.05, 3.63) is 53.8 Å². The average Bonchev–Trinajstić information content (AvgIpc) is 2.36. The molecule has 0 saturated heterocycles. The Kier molecular flexibility index (Phi) is 3.79. The minimum absolute atomic E-state index is 0.228. The molecule has 2 N–H and O–H groups in total. The van der Waals surface area contributed by atoms with E-state index in [0.29, 0.717) is 5.75 Å². The Morgan fingerprint density at radius 2 is 1.89 bits per heavy atom. The number of rotatable bonds is 4. The second kappa shape index (κ2) is 5.51.